The minimum Gasteiger partial charge on any atom is -0.343 e. The predicted molar refractivity (Wildman–Crippen MR) is 88.9 cm³/mol. The number of amides is 1. The molecular weight excluding hydrogens is 348 g/mol. The van der Waals surface area contributed by atoms with Crippen LogP contribution < -0.4 is 5.32 Å². The van der Waals surface area contributed by atoms with E-state index in [1.807, 2.05) is 30.0 Å². The summed E-state index contributed by atoms with van der Waals surface area (Å²) in [6.07, 6.45) is 4.37. The van der Waals surface area contributed by atoms with Crippen LogP contribution in [0, 0.1) is 23.2 Å². The van der Waals surface area contributed by atoms with Crippen LogP contribution in [0.2, 0.25) is 0 Å². The number of rotatable bonds is 5. The fraction of sp³-hybridized carbons (Fsp3) is 0.500. The van der Waals surface area contributed by atoms with Gasteiger partial charge in [-0.3, -0.25) is 4.79 Å². The van der Waals surface area contributed by atoms with Gasteiger partial charge >= 0.3 is 0 Å². The molecule has 0 aromatic heterocycles. The summed E-state index contributed by atoms with van der Waals surface area (Å²) in [6, 6.07) is 10.3. The zero-order valence-corrected chi connectivity index (χ0v) is 14.3. The van der Waals surface area contributed by atoms with Gasteiger partial charge in [-0.15, -0.1) is 11.8 Å². The normalized spacial score (nSPS) is 21.5. The van der Waals surface area contributed by atoms with Crippen LogP contribution in [0.5, 0.6) is 0 Å². The topological polar surface area (TPSA) is 52.9 Å². The number of nitrogens with zero attached hydrogens (tertiary/aromatic N) is 1. The van der Waals surface area contributed by atoms with Crippen LogP contribution in [0.15, 0.2) is 33.6 Å². The average Bonchev–Trinajstić information content (AvgIpc) is 2.52. The van der Waals surface area contributed by atoms with E-state index in [0.29, 0.717) is 5.92 Å². The number of hydrogen-bond donors (Lipinski definition) is 1. The van der Waals surface area contributed by atoms with Gasteiger partial charge in [-0.2, -0.15) is 5.26 Å². The third kappa shape index (κ3) is 5.05. The summed E-state index contributed by atoms with van der Waals surface area (Å²) >= 11 is 5.25. The second-order valence-corrected chi connectivity index (χ2v) is 7.30. The first-order valence-corrected chi connectivity index (χ1v) is 9.01. The van der Waals surface area contributed by atoms with E-state index in [4.69, 9.17) is 5.26 Å². The molecule has 1 aliphatic rings. The number of halogens is 1. The predicted octanol–water partition coefficient (Wildman–Crippen LogP) is 3.99. The van der Waals surface area contributed by atoms with E-state index in [1.165, 1.54) is 11.3 Å². The van der Waals surface area contributed by atoms with Crippen molar-refractivity contribution >= 4 is 33.6 Å². The van der Waals surface area contributed by atoms with Gasteiger partial charge in [0, 0.05) is 21.0 Å². The molecule has 21 heavy (non-hydrogen) atoms. The van der Waals surface area contributed by atoms with E-state index in [2.05, 4.69) is 33.4 Å². The SMILES string of the molecule is N#CCNC(=O)[C@@H]1CCCC[C@H]1CSc1ccc(Br)cc1. The van der Waals surface area contributed by atoms with Gasteiger partial charge < -0.3 is 5.32 Å². The Labute approximate surface area is 138 Å². The van der Waals surface area contributed by atoms with Crippen LogP contribution in [0.25, 0.3) is 0 Å². The number of hydrogen-bond acceptors (Lipinski definition) is 3. The molecule has 0 radical (unpaired) electrons. The quantitative estimate of drug-likeness (QED) is 0.633. The Bertz CT molecular complexity index is 512. The first kappa shape index (κ1) is 16.4. The minimum absolute atomic E-state index is 0.0534. The van der Waals surface area contributed by atoms with Crippen molar-refractivity contribution in [3.05, 3.63) is 28.7 Å². The smallest absolute Gasteiger partial charge is 0.224 e. The number of carbonyl (C=O) groups is 1. The highest BCUT2D eigenvalue weighted by Gasteiger charge is 2.30. The molecule has 0 spiro atoms. The van der Waals surface area contributed by atoms with Gasteiger partial charge in [0.15, 0.2) is 0 Å². The van der Waals surface area contributed by atoms with Crippen molar-refractivity contribution in [1.82, 2.24) is 5.32 Å². The fourth-order valence-corrected chi connectivity index (χ4v) is 4.14. The molecule has 1 saturated carbocycles. The van der Waals surface area contributed by atoms with Crippen molar-refractivity contribution in [1.29, 1.82) is 5.26 Å². The molecule has 1 fully saturated rings. The molecule has 5 heteroatoms. The summed E-state index contributed by atoms with van der Waals surface area (Å²) in [6.45, 7) is 0.113. The first-order chi connectivity index (χ1) is 10.2. The first-order valence-electron chi connectivity index (χ1n) is 7.23. The lowest BCUT2D eigenvalue weighted by molar-refractivity contribution is -0.127. The van der Waals surface area contributed by atoms with Gasteiger partial charge in [0.2, 0.25) is 5.91 Å². The van der Waals surface area contributed by atoms with Crippen molar-refractivity contribution < 1.29 is 4.79 Å². The molecule has 1 amide bonds. The molecule has 2 atom stereocenters. The highest BCUT2D eigenvalue weighted by atomic mass is 79.9. The Morgan fingerprint density at radius 3 is 2.76 bits per heavy atom. The Morgan fingerprint density at radius 1 is 1.33 bits per heavy atom. The van der Waals surface area contributed by atoms with Crippen molar-refractivity contribution in [2.24, 2.45) is 11.8 Å². The Balaban J connectivity index is 1.91. The molecule has 1 N–H and O–H groups in total. The van der Waals surface area contributed by atoms with E-state index >= 15 is 0 Å². The van der Waals surface area contributed by atoms with Crippen molar-refractivity contribution in [2.45, 2.75) is 30.6 Å². The zero-order chi connectivity index (χ0) is 15.1. The molecule has 0 bridgehead atoms. The van der Waals surface area contributed by atoms with Crippen LogP contribution in [0.3, 0.4) is 0 Å². The van der Waals surface area contributed by atoms with E-state index in [0.717, 1.165) is 29.5 Å². The van der Waals surface area contributed by atoms with Crippen LogP contribution in [-0.4, -0.2) is 18.2 Å². The molecule has 0 aliphatic heterocycles. The molecule has 0 unspecified atom stereocenters. The third-order valence-electron chi connectivity index (χ3n) is 3.87. The number of nitrogens with one attached hydrogen (secondary N) is 1. The van der Waals surface area contributed by atoms with Gasteiger partial charge in [-0.25, -0.2) is 0 Å². The monoisotopic (exact) mass is 366 g/mol. The largest absolute Gasteiger partial charge is 0.343 e. The van der Waals surface area contributed by atoms with E-state index in [9.17, 15) is 4.79 Å². The molecule has 1 aromatic carbocycles. The van der Waals surface area contributed by atoms with Crippen LogP contribution >= 0.6 is 27.7 Å². The highest BCUT2D eigenvalue weighted by Crippen LogP contribution is 2.34. The summed E-state index contributed by atoms with van der Waals surface area (Å²) in [4.78, 5) is 13.4. The summed E-state index contributed by atoms with van der Waals surface area (Å²) in [5, 5.41) is 11.3. The maximum Gasteiger partial charge on any atom is 0.224 e. The van der Waals surface area contributed by atoms with Crippen molar-refractivity contribution in [2.75, 3.05) is 12.3 Å². The van der Waals surface area contributed by atoms with Crippen molar-refractivity contribution in [3.8, 4) is 6.07 Å². The lowest BCUT2D eigenvalue weighted by atomic mass is 9.80. The number of nitriles is 1. The molecule has 112 valence electrons. The maximum absolute atomic E-state index is 12.1. The Hall–Kier alpha value is -0.990. The van der Waals surface area contributed by atoms with Crippen LogP contribution in [0.1, 0.15) is 25.7 Å². The number of thioether (sulfide) groups is 1. The third-order valence-corrected chi connectivity index (χ3v) is 5.59. The lowest BCUT2D eigenvalue weighted by Crippen LogP contribution is -2.37. The fourth-order valence-electron chi connectivity index (χ4n) is 2.74. The molecule has 1 aliphatic carbocycles. The van der Waals surface area contributed by atoms with Crippen LogP contribution in [-0.2, 0) is 4.79 Å². The van der Waals surface area contributed by atoms with Gasteiger partial charge in [0.1, 0.15) is 6.54 Å². The molecule has 0 heterocycles. The summed E-state index contributed by atoms with van der Waals surface area (Å²) in [5.41, 5.74) is 0. The van der Waals surface area contributed by atoms with Gasteiger partial charge in [0.05, 0.1) is 6.07 Å². The maximum atomic E-state index is 12.1. The standard InChI is InChI=1S/C16H19BrN2OS/c17-13-5-7-14(8-6-13)21-11-12-3-1-2-4-15(12)16(20)19-10-9-18/h5-8,12,15H,1-4,10-11H2,(H,19,20)/t12-,15+/m0/s1. The zero-order valence-electron chi connectivity index (χ0n) is 11.8. The summed E-state index contributed by atoms with van der Waals surface area (Å²) in [7, 11) is 0. The number of carbonyl (C=O) groups excluding carboxylic acids is 1. The van der Waals surface area contributed by atoms with Crippen molar-refractivity contribution in [3.63, 3.8) is 0 Å². The summed E-state index contributed by atoms with van der Waals surface area (Å²) in [5.74, 6) is 1.49. The minimum atomic E-state index is 0.0534. The van der Waals surface area contributed by atoms with E-state index < -0.39 is 0 Å². The Morgan fingerprint density at radius 2 is 2.05 bits per heavy atom. The summed E-state index contributed by atoms with van der Waals surface area (Å²) < 4.78 is 1.08. The van der Waals surface area contributed by atoms with E-state index in [1.54, 1.807) is 0 Å². The van der Waals surface area contributed by atoms with Crippen LogP contribution in [0.4, 0.5) is 0 Å². The van der Waals surface area contributed by atoms with Gasteiger partial charge in [-0.1, -0.05) is 28.8 Å². The number of benzene rings is 1. The molecule has 0 saturated heterocycles. The van der Waals surface area contributed by atoms with Gasteiger partial charge in [-0.05, 0) is 43.0 Å². The van der Waals surface area contributed by atoms with Gasteiger partial charge in [0.25, 0.3) is 0 Å². The molecular formula is C16H19BrN2OS. The molecule has 2 rings (SSSR count). The molecule has 3 nitrogen and oxygen atoms in total. The highest BCUT2D eigenvalue weighted by molar-refractivity contribution is 9.10. The second-order valence-electron chi connectivity index (χ2n) is 5.29. The second kappa shape index (κ2) is 8.45. The van der Waals surface area contributed by atoms with E-state index in [-0.39, 0.29) is 18.4 Å². The Kier molecular flexibility index (Phi) is 6.59. The molecule has 1 aromatic rings. The average molecular weight is 367 g/mol. The lowest BCUT2D eigenvalue weighted by Gasteiger charge is -2.30.